The molecule has 0 radical (unpaired) electrons. The van der Waals surface area contributed by atoms with Crippen molar-refractivity contribution in [2.75, 3.05) is 65.9 Å². The Morgan fingerprint density at radius 3 is 2.27 bits per heavy atom. The number of H-pyrrole nitrogens is 1. The first-order valence-corrected chi connectivity index (χ1v) is 15.1. The minimum Gasteiger partial charge on any atom is -0.306 e. The first kappa shape index (κ1) is 38.0. The lowest BCUT2D eigenvalue weighted by Gasteiger charge is -2.32. The van der Waals surface area contributed by atoms with Crippen molar-refractivity contribution in [1.29, 1.82) is 0 Å². The number of benzene rings is 1. The zero-order chi connectivity index (χ0) is 31.0. The summed E-state index contributed by atoms with van der Waals surface area (Å²) in [5, 5.41) is 12.5. The molecule has 1 aromatic heterocycles. The minimum absolute atomic E-state index is 0.211. The number of unbranched alkanes of at least 4 members (excludes halogenated alkanes) is 1. The fraction of sp³-hybridized carbons (Fsp3) is 0.452. The summed E-state index contributed by atoms with van der Waals surface area (Å²) < 4.78 is 0. The van der Waals surface area contributed by atoms with Crippen LogP contribution in [0.5, 0.6) is 0 Å². The van der Waals surface area contributed by atoms with Crippen LogP contribution in [0.25, 0.3) is 6.08 Å². The maximum atomic E-state index is 12.7. The van der Waals surface area contributed by atoms with Gasteiger partial charge in [-0.15, -0.1) is 24.9 Å². The van der Waals surface area contributed by atoms with Crippen LogP contribution in [0, 0.1) is 0 Å². The highest BCUT2D eigenvalue weighted by Gasteiger charge is 2.16. The molecule has 0 atom stereocenters. The second kappa shape index (κ2) is 23.7. The Hall–Kier alpha value is -3.02. The number of carbonyl (C=O) groups is 2. The second-order valence-electron chi connectivity index (χ2n) is 9.02. The molecule has 1 fully saturated rings. The molecule has 1 aliphatic rings. The summed E-state index contributed by atoms with van der Waals surface area (Å²) in [6.07, 6.45) is 11.5. The Balaban J connectivity index is 0.00000103. The zero-order valence-electron chi connectivity index (χ0n) is 26.1. The van der Waals surface area contributed by atoms with E-state index in [1.807, 2.05) is 70.5 Å². The number of aldehydes is 1. The van der Waals surface area contributed by atoms with E-state index in [-0.39, 0.29) is 5.91 Å². The zero-order valence-corrected chi connectivity index (χ0v) is 26.9. The highest BCUT2D eigenvalue weighted by Crippen LogP contribution is 2.26. The minimum atomic E-state index is -0.211. The van der Waals surface area contributed by atoms with Crippen molar-refractivity contribution in [2.45, 2.75) is 38.3 Å². The largest absolute Gasteiger partial charge is 0.306 e. The second-order valence-corrected chi connectivity index (χ2v) is 9.82. The highest BCUT2D eigenvalue weighted by molar-refractivity contribution is 7.98. The molecule has 3 N–H and O–H groups in total. The summed E-state index contributed by atoms with van der Waals surface area (Å²) >= 11 is 1.44. The van der Waals surface area contributed by atoms with Crippen LogP contribution in [0.4, 0.5) is 5.82 Å². The van der Waals surface area contributed by atoms with Gasteiger partial charge < -0.3 is 10.2 Å². The Bertz CT molecular complexity index is 1040. The third-order valence-electron chi connectivity index (χ3n) is 5.76. The van der Waals surface area contributed by atoms with Crippen LogP contribution in [0.2, 0.25) is 0 Å². The molecule has 1 aliphatic heterocycles. The number of hydrazine groups is 1. The monoisotopic (exact) mass is 585 g/mol. The van der Waals surface area contributed by atoms with E-state index in [4.69, 9.17) is 0 Å². The van der Waals surface area contributed by atoms with Crippen molar-refractivity contribution in [3.63, 3.8) is 0 Å². The Morgan fingerprint density at radius 2 is 1.76 bits per heavy atom. The summed E-state index contributed by atoms with van der Waals surface area (Å²) in [6, 6.07) is 7.69. The molecule has 9 nitrogen and oxygen atoms in total. The van der Waals surface area contributed by atoms with Crippen molar-refractivity contribution < 1.29 is 9.59 Å². The number of likely N-dealkylation sites (N-methyl/N-ethyl adjacent to an activating group) is 1. The number of rotatable bonds is 11. The molecule has 2 heterocycles. The van der Waals surface area contributed by atoms with Crippen LogP contribution in [0.1, 0.15) is 48.2 Å². The maximum absolute atomic E-state index is 12.7. The molecule has 0 unspecified atom stereocenters. The number of hydrogen-bond acceptors (Lipinski definition) is 8. The third kappa shape index (κ3) is 16.1. The number of amides is 1. The first-order chi connectivity index (χ1) is 19.8. The molecule has 41 heavy (non-hydrogen) atoms. The molecule has 0 spiro atoms. The fourth-order valence-corrected chi connectivity index (χ4v) is 3.90. The topological polar surface area (TPSA) is 96.6 Å². The highest BCUT2D eigenvalue weighted by atomic mass is 32.2. The molecule has 1 amide bonds. The van der Waals surface area contributed by atoms with Gasteiger partial charge in [0.25, 0.3) is 5.91 Å². The lowest BCUT2D eigenvalue weighted by molar-refractivity contribution is -0.104. The molecule has 2 aromatic rings. The van der Waals surface area contributed by atoms with Gasteiger partial charge in [0.15, 0.2) is 0 Å². The van der Waals surface area contributed by atoms with Crippen molar-refractivity contribution >= 4 is 35.8 Å². The van der Waals surface area contributed by atoms with Gasteiger partial charge in [0.05, 0.1) is 5.56 Å². The van der Waals surface area contributed by atoms with E-state index in [9.17, 15) is 9.59 Å². The molecule has 0 bridgehead atoms. The van der Waals surface area contributed by atoms with Gasteiger partial charge in [-0.05, 0) is 63.0 Å². The number of carbonyl (C=O) groups excluding carboxylic acids is 2. The smallest absolute Gasteiger partial charge is 0.256 e. The van der Waals surface area contributed by atoms with Crippen LogP contribution < -0.4 is 10.7 Å². The summed E-state index contributed by atoms with van der Waals surface area (Å²) in [5.41, 5.74) is 5.27. The molecule has 1 aromatic carbocycles. The first-order valence-electron chi connectivity index (χ1n) is 13.9. The fourth-order valence-electron chi connectivity index (χ4n) is 3.37. The normalized spacial score (nSPS) is 13.2. The number of allylic oxidation sites excluding steroid dienone is 3. The Labute approximate surface area is 252 Å². The van der Waals surface area contributed by atoms with Crippen molar-refractivity contribution in [3.05, 3.63) is 72.3 Å². The standard InChI is InChI=1S/C20H25N5O2S.C6H10.C3H10N2.C2H6/c1-24-8-10-25(11-9-24)14-15-5-3-6-16(13-15)19(27)21-18-17(7-4-12-26)20(28-2)23-22-18;1-3-5-6-4-2;1-4-5(2)3;1-2/h3-7,12-13H,8-11,14H2,1-2H3,(H2,21,22,23,27);3-4H,1-2,5-6H2;4H,1-3H3;1-2H3/b7-4+;;;. The molecule has 10 heteroatoms. The van der Waals surface area contributed by atoms with Crippen LogP contribution in [-0.4, -0.2) is 97.8 Å². The van der Waals surface area contributed by atoms with Crippen molar-refractivity contribution in [2.24, 2.45) is 0 Å². The van der Waals surface area contributed by atoms with E-state index in [2.05, 4.69) is 57.0 Å². The number of hydrogen-bond donors (Lipinski definition) is 3. The predicted octanol–water partition coefficient (Wildman–Crippen LogP) is 5.19. The quantitative estimate of drug-likeness (QED) is 0.0828. The number of nitrogens with one attached hydrogen (secondary N) is 3. The SMILES string of the molecule is C=CCCC=C.CC.CNN(C)C.CSc1n[nH]c(NC(=O)c2cccc(CN3CCN(C)CC3)c2)c1/C=C/C=O. The van der Waals surface area contributed by atoms with E-state index in [0.717, 1.165) is 56.2 Å². The van der Waals surface area contributed by atoms with E-state index in [0.29, 0.717) is 23.2 Å². The molecular weight excluding hydrogens is 534 g/mol. The van der Waals surface area contributed by atoms with Gasteiger partial charge in [0.2, 0.25) is 0 Å². The van der Waals surface area contributed by atoms with Gasteiger partial charge in [-0.1, -0.05) is 38.1 Å². The summed E-state index contributed by atoms with van der Waals surface area (Å²) in [6.45, 7) is 16.1. The molecule has 0 aliphatic carbocycles. The Kier molecular flexibility index (Phi) is 21.9. The van der Waals surface area contributed by atoms with Crippen LogP contribution in [-0.2, 0) is 11.3 Å². The molecule has 1 saturated heterocycles. The van der Waals surface area contributed by atoms with Gasteiger partial charge in [-0.25, -0.2) is 0 Å². The molecule has 3 rings (SSSR count). The number of aromatic amines is 1. The van der Waals surface area contributed by atoms with E-state index < -0.39 is 0 Å². The molecule has 0 saturated carbocycles. The van der Waals surface area contributed by atoms with Crippen molar-refractivity contribution in [1.82, 2.24) is 30.4 Å². The Morgan fingerprint density at radius 1 is 1.15 bits per heavy atom. The number of thioether (sulfide) groups is 1. The van der Waals surface area contributed by atoms with Gasteiger partial charge in [-0.2, -0.15) is 5.10 Å². The van der Waals surface area contributed by atoms with E-state index in [1.54, 1.807) is 12.1 Å². The maximum Gasteiger partial charge on any atom is 0.256 e. The lowest BCUT2D eigenvalue weighted by atomic mass is 10.1. The third-order valence-corrected chi connectivity index (χ3v) is 6.45. The van der Waals surface area contributed by atoms with E-state index in [1.165, 1.54) is 17.8 Å². The van der Waals surface area contributed by atoms with Gasteiger partial charge in [0, 0.05) is 52.4 Å². The van der Waals surface area contributed by atoms with Gasteiger partial charge in [-0.3, -0.25) is 30.0 Å². The number of piperazine rings is 1. The molecular formula is C31H51N7O2S. The number of nitrogens with zero attached hydrogens (tertiary/aromatic N) is 4. The van der Waals surface area contributed by atoms with Gasteiger partial charge >= 0.3 is 0 Å². The number of anilines is 1. The summed E-state index contributed by atoms with van der Waals surface area (Å²) in [5.74, 6) is 0.272. The number of aromatic nitrogens is 2. The average molecular weight is 586 g/mol. The van der Waals surface area contributed by atoms with E-state index >= 15 is 0 Å². The van der Waals surface area contributed by atoms with Crippen LogP contribution >= 0.6 is 11.8 Å². The summed E-state index contributed by atoms with van der Waals surface area (Å²) in [7, 11) is 7.90. The summed E-state index contributed by atoms with van der Waals surface area (Å²) in [4.78, 5) is 28.1. The lowest BCUT2D eigenvalue weighted by Crippen LogP contribution is -2.43. The van der Waals surface area contributed by atoms with Gasteiger partial charge in [0.1, 0.15) is 17.1 Å². The predicted molar refractivity (Wildman–Crippen MR) is 176 cm³/mol. The van der Waals surface area contributed by atoms with Crippen molar-refractivity contribution in [3.8, 4) is 0 Å². The molecule has 228 valence electrons. The van der Waals surface area contributed by atoms with Crippen LogP contribution in [0.3, 0.4) is 0 Å². The average Bonchev–Trinajstić information content (AvgIpc) is 3.38. The van der Waals surface area contributed by atoms with Crippen LogP contribution in [0.15, 0.2) is 60.7 Å².